The monoisotopic (exact) mass is 277 g/mol. The van der Waals surface area contributed by atoms with Gasteiger partial charge in [0, 0.05) is 13.1 Å². The number of likely N-dealkylation sites (N-methyl/N-ethyl adjacent to an activating group) is 1. The molecule has 0 aromatic carbocycles. The molecule has 1 amide bonds. The van der Waals surface area contributed by atoms with Gasteiger partial charge in [0.25, 0.3) is 0 Å². The number of carbonyl (C=O) groups is 1. The molecular weight excluding hydrogens is 250 g/mol. The van der Waals surface area contributed by atoms with Gasteiger partial charge < -0.3 is 15.5 Å². The van der Waals surface area contributed by atoms with Gasteiger partial charge in [-0.15, -0.1) is 12.4 Å². The zero-order valence-electron chi connectivity index (χ0n) is 12.1. The molecule has 2 N–H and O–H groups in total. The predicted molar refractivity (Wildman–Crippen MR) is 78.2 cm³/mol. The topological polar surface area (TPSA) is 44.4 Å². The molecule has 0 aromatic rings. The number of carbonyl (C=O) groups excluding carboxylic acids is 1. The number of rotatable bonds is 5. The first kappa shape index (κ1) is 17.7. The van der Waals surface area contributed by atoms with Crippen LogP contribution >= 0.6 is 12.4 Å². The van der Waals surface area contributed by atoms with Gasteiger partial charge in [0.05, 0.1) is 6.04 Å². The molecule has 0 spiro atoms. The maximum Gasteiger partial charge on any atom is 0.237 e. The zero-order valence-corrected chi connectivity index (χ0v) is 12.9. The highest BCUT2D eigenvalue weighted by molar-refractivity contribution is 5.85. The van der Waals surface area contributed by atoms with Gasteiger partial charge in [-0.3, -0.25) is 4.79 Å². The molecule has 0 saturated carbocycles. The minimum Gasteiger partial charge on any atom is -0.353 e. The van der Waals surface area contributed by atoms with Crippen LogP contribution in [0.4, 0.5) is 0 Å². The van der Waals surface area contributed by atoms with E-state index in [1.165, 1.54) is 0 Å². The second-order valence-corrected chi connectivity index (χ2v) is 5.67. The first-order chi connectivity index (χ1) is 7.97. The Hall–Kier alpha value is -0.320. The van der Waals surface area contributed by atoms with Crippen molar-refractivity contribution in [1.82, 2.24) is 15.5 Å². The summed E-state index contributed by atoms with van der Waals surface area (Å²) >= 11 is 0. The number of nitrogens with one attached hydrogen (secondary N) is 2. The Kier molecular flexibility index (Phi) is 7.83. The zero-order chi connectivity index (χ0) is 12.9. The van der Waals surface area contributed by atoms with Crippen LogP contribution in [0, 0.1) is 5.41 Å². The quantitative estimate of drug-likeness (QED) is 0.795. The van der Waals surface area contributed by atoms with Crippen molar-refractivity contribution in [1.29, 1.82) is 0 Å². The first-order valence-corrected chi connectivity index (χ1v) is 6.67. The maximum atomic E-state index is 12.1. The van der Waals surface area contributed by atoms with Crippen LogP contribution in [0.5, 0.6) is 0 Å². The van der Waals surface area contributed by atoms with Crippen molar-refractivity contribution in [2.45, 2.75) is 39.7 Å². The lowest BCUT2D eigenvalue weighted by atomic mass is 9.77. The summed E-state index contributed by atoms with van der Waals surface area (Å²) in [6, 6.07) is -0.0387. The van der Waals surface area contributed by atoms with Crippen LogP contribution in [0.1, 0.15) is 33.6 Å². The van der Waals surface area contributed by atoms with Gasteiger partial charge in [-0.05, 0) is 38.4 Å². The van der Waals surface area contributed by atoms with Crippen molar-refractivity contribution >= 4 is 18.3 Å². The number of halogens is 1. The number of nitrogens with zero attached hydrogens (tertiary/aromatic N) is 1. The average Bonchev–Trinajstić information content (AvgIpc) is 2.27. The molecule has 1 saturated heterocycles. The summed E-state index contributed by atoms with van der Waals surface area (Å²) in [6.07, 6.45) is 2.28. The maximum absolute atomic E-state index is 12.1. The smallest absolute Gasteiger partial charge is 0.237 e. The van der Waals surface area contributed by atoms with Crippen LogP contribution in [0.3, 0.4) is 0 Å². The van der Waals surface area contributed by atoms with E-state index in [4.69, 9.17) is 0 Å². The lowest BCUT2D eigenvalue weighted by Crippen LogP contribution is -2.56. The third-order valence-electron chi connectivity index (χ3n) is 3.72. The normalized spacial score (nSPS) is 22.4. The molecule has 1 rings (SSSR count). The molecule has 5 heteroatoms. The van der Waals surface area contributed by atoms with Crippen LogP contribution in [-0.2, 0) is 4.79 Å². The van der Waals surface area contributed by atoms with E-state index in [0.29, 0.717) is 0 Å². The van der Waals surface area contributed by atoms with Crippen LogP contribution in [0.2, 0.25) is 0 Å². The van der Waals surface area contributed by atoms with Crippen molar-refractivity contribution in [3.8, 4) is 0 Å². The fraction of sp³-hybridized carbons (Fsp3) is 0.923. The van der Waals surface area contributed by atoms with Crippen LogP contribution < -0.4 is 10.6 Å². The Bertz CT molecular complexity index is 259. The molecule has 4 nitrogen and oxygen atoms in total. The van der Waals surface area contributed by atoms with Gasteiger partial charge in [-0.2, -0.15) is 0 Å². The highest BCUT2D eigenvalue weighted by Gasteiger charge is 2.36. The SMILES string of the molecule is CCN(C)CCNC(=O)C1NCCCC1(C)C.Cl. The lowest BCUT2D eigenvalue weighted by Gasteiger charge is -2.38. The minimum absolute atomic E-state index is 0. The van der Waals surface area contributed by atoms with Crippen LogP contribution in [-0.4, -0.2) is 50.1 Å². The number of amides is 1. The molecule has 0 bridgehead atoms. The summed E-state index contributed by atoms with van der Waals surface area (Å²) < 4.78 is 0. The average molecular weight is 278 g/mol. The lowest BCUT2D eigenvalue weighted by molar-refractivity contribution is -0.126. The standard InChI is InChI=1S/C13H27N3O.ClH/c1-5-16(4)10-9-15-12(17)11-13(2,3)7-6-8-14-11;/h11,14H,5-10H2,1-4H3,(H,15,17);1H. The number of hydrogen-bond donors (Lipinski definition) is 2. The summed E-state index contributed by atoms with van der Waals surface area (Å²) in [7, 11) is 2.06. The molecule has 1 unspecified atom stereocenters. The van der Waals surface area contributed by atoms with Crippen molar-refractivity contribution in [3.63, 3.8) is 0 Å². The highest BCUT2D eigenvalue weighted by Crippen LogP contribution is 2.29. The van der Waals surface area contributed by atoms with Crippen molar-refractivity contribution in [2.24, 2.45) is 5.41 Å². The number of hydrogen-bond acceptors (Lipinski definition) is 3. The summed E-state index contributed by atoms with van der Waals surface area (Å²) in [5.74, 6) is 0.152. The fourth-order valence-electron chi connectivity index (χ4n) is 2.29. The molecule has 0 aromatic heterocycles. The molecule has 1 fully saturated rings. The Morgan fingerprint density at radius 3 is 2.72 bits per heavy atom. The third kappa shape index (κ3) is 5.12. The van der Waals surface area contributed by atoms with Gasteiger partial charge in [0.1, 0.15) is 0 Å². The summed E-state index contributed by atoms with van der Waals surface area (Å²) in [6.45, 7) is 10.1. The first-order valence-electron chi connectivity index (χ1n) is 6.67. The van der Waals surface area contributed by atoms with Gasteiger partial charge in [-0.25, -0.2) is 0 Å². The molecule has 108 valence electrons. The van der Waals surface area contributed by atoms with Crippen molar-refractivity contribution in [2.75, 3.05) is 33.2 Å². The molecule has 1 aliphatic heterocycles. The fourth-order valence-corrected chi connectivity index (χ4v) is 2.29. The van der Waals surface area contributed by atoms with E-state index in [1.807, 2.05) is 0 Å². The van der Waals surface area contributed by atoms with E-state index < -0.39 is 0 Å². The third-order valence-corrected chi connectivity index (χ3v) is 3.72. The van der Waals surface area contributed by atoms with E-state index in [9.17, 15) is 4.79 Å². The predicted octanol–water partition coefficient (Wildman–Crippen LogP) is 1.25. The minimum atomic E-state index is -0.0387. The van der Waals surface area contributed by atoms with E-state index in [-0.39, 0.29) is 29.8 Å². The van der Waals surface area contributed by atoms with Crippen molar-refractivity contribution in [3.05, 3.63) is 0 Å². The van der Waals surface area contributed by atoms with E-state index in [1.54, 1.807) is 0 Å². The summed E-state index contributed by atoms with van der Waals surface area (Å²) in [4.78, 5) is 14.3. The Balaban J connectivity index is 0.00000289. The second-order valence-electron chi connectivity index (χ2n) is 5.67. The second kappa shape index (κ2) is 7.97. The molecule has 1 aliphatic rings. The van der Waals surface area contributed by atoms with E-state index >= 15 is 0 Å². The molecule has 1 heterocycles. The van der Waals surface area contributed by atoms with Crippen LogP contribution in [0.15, 0.2) is 0 Å². The Labute approximate surface area is 117 Å². The largest absolute Gasteiger partial charge is 0.353 e. The van der Waals surface area contributed by atoms with E-state index in [0.717, 1.165) is 39.0 Å². The number of piperidine rings is 1. The summed E-state index contributed by atoms with van der Waals surface area (Å²) in [5.41, 5.74) is 0.0684. The van der Waals surface area contributed by atoms with Crippen LogP contribution in [0.25, 0.3) is 0 Å². The van der Waals surface area contributed by atoms with Gasteiger partial charge in [0.2, 0.25) is 5.91 Å². The van der Waals surface area contributed by atoms with Crippen molar-refractivity contribution < 1.29 is 4.79 Å². The molecule has 18 heavy (non-hydrogen) atoms. The Morgan fingerprint density at radius 1 is 1.50 bits per heavy atom. The molecule has 0 radical (unpaired) electrons. The Morgan fingerprint density at radius 2 is 2.17 bits per heavy atom. The highest BCUT2D eigenvalue weighted by atomic mass is 35.5. The molecular formula is C13H28ClN3O. The summed E-state index contributed by atoms with van der Waals surface area (Å²) in [5, 5.41) is 6.37. The van der Waals surface area contributed by atoms with Gasteiger partial charge in [0.15, 0.2) is 0 Å². The van der Waals surface area contributed by atoms with E-state index in [2.05, 4.69) is 43.4 Å². The molecule has 0 aliphatic carbocycles. The van der Waals surface area contributed by atoms with Gasteiger partial charge >= 0.3 is 0 Å². The van der Waals surface area contributed by atoms with Gasteiger partial charge in [-0.1, -0.05) is 20.8 Å². The molecule has 1 atom stereocenters.